The second-order valence-corrected chi connectivity index (χ2v) is 6.38. The molecule has 5 nitrogen and oxygen atoms in total. The van der Waals surface area contributed by atoms with Gasteiger partial charge in [0.2, 0.25) is 0 Å². The van der Waals surface area contributed by atoms with Crippen molar-refractivity contribution >= 4 is 11.3 Å². The molecule has 24 heavy (non-hydrogen) atoms. The molecular formula is C18H21N3O2S. The topological polar surface area (TPSA) is 59.3 Å². The van der Waals surface area contributed by atoms with Gasteiger partial charge in [0.05, 0.1) is 11.5 Å². The maximum Gasteiger partial charge on any atom is 0.123 e. The van der Waals surface area contributed by atoms with Crippen molar-refractivity contribution < 1.29 is 9.84 Å². The number of rotatable bonds is 8. The van der Waals surface area contributed by atoms with Gasteiger partial charge in [-0.25, -0.2) is 0 Å². The summed E-state index contributed by atoms with van der Waals surface area (Å²) in [6, 6.07) is 12.0. The number of nitrogens with one attached hydrogen (secondary N) is 1. The molecule has 2 heterocycles. The molecule has 0 radical (unpaired) electrons. The van der Waals surface area contributed by atoms with E-state index in [0.717, 1.165) is 23.6 Å². The highest BCUT2D eigenvalue weighted by molar-refractivity contribution is 7.13. The normalized spacial score (nSPS) is 10.9. The van der Waals surface area contributed by atoms with Gasteiger partial charge >= 0.3 is 0 Å². The van der Waals surface area contributed by atoms with Gasteiger partial charge in [0.15, 0.2) is 0 Å². The Morgan fingerprint density at radius 2 is 2.00 bits per heavy atom. The minimum atomic E-state index is 0.0155. The smallest absolute Gasteiger partial charge is 0.123 e. The Hall–Kier alpha value is -2.15. The molecule has 0 spiro atoms. The standard InChI is InChI=1S/C18H21N3O2S/c1-21-13-15(18(20-21)17-7-4-10-24-17)12-19-11-14-5-2-3-6-16(14)23-9-8-22/h2-7,10,13,19,22H,8-9,11-12H2,1H3. The lowest BCUT2D eigenvalue weighted by molar-refractivity contribution is 0.200. The summed E-state index contributed by atoms with van der Waals surface area (Å²) >= 11 is 1.70. The summed E-state index contributed by atoms with van der Waals surface area (Å²) < 4.78 is 7.42. The highest BCUT2D eigenvalue weighted by Gasteiger charge is 2.11. The summed E-state index contributed by atoms with van der Waals surface area (Å²) in [6.45, 7) is 1.75. The van der Waals surface area contributed by atoms with Gasteiger partial charge in [-0.3, -0.25) is 4.68 Å². The molecule has 1 aromatic carbocycles. The molecule has 3 aromatic rings. The monoisotopic (exact) mass is 343 g/mol. The van der Waals surface area contributed by atoms with Crippen molar-refractivity contribution in [3.63, 3.8) is 0 Å². The van der Waals surface area contributed by atoms with Crippen LogP contribution in [0.3, 0.4) is 0 Å². The Morgan fingerprint density at radius 3 is 2.79 bits per heavy atom. The van der Waals surface area contributed by atoms with Gasteiger partial charge in [0.25, 0.3) is 0 Å². The molecule has 0 aliphatic rings. The zero-order valence-electron chi connectivity index (χ0n) is 13.6. The second-order valence-electron chi connectivity index (χ2n) is 5.44. The lowest BCUT2D eigenvalue weighted by atomic mass is 10.2. The highest BCUT2D eigenvalue weighted by atomic mass is 32.1. The van der Waals surface area contributed by atoms with Gasteiger partial charge in [0.1, 0.15) is 18.1 Å². The molecule has 0 aliphatic heterocycles. The van der Waals surface area contributed by atoms with Crippen LogP contribution in [-0.2, 0) is 20.1 Å². The quantitative estimate of drug-likeness (QED) is 0.660. The molecule has 0 amide bonds. The van der Waals surface area contributed by atoms with E-state index in [1.807, 2.05) is 42.1 Å². The van der Waals surface area contributed by atoms with Gasteiger partial charge in [-0.1, -0.05) is 24.3 Å². The number of hydrogen-bond acceptors (Lipinski definition) is 5. The fraction of sp³-hybridized carbons (Fsp3) is 0.278. The largest absolute Gasteiger partial charge is 0.491 e. The zero-order chi connectivity index (χ0) is 16.8. The minimum absolute atomic E-state index is 0.0155. The maximum absolute atomic E-state index is 8.92. The molecule has 0 saturated carbocycles. The van der Waals surface area contributed by atoms with Crippen molar-refractivity contribution in [3.05, 3.63) is 59.1 Å². The van der Waals surface area contributed by atoms with Crippen molar-refractivity contribution in [3.8, 4) is 16.3 Å². The first kappa shape index (κ1) is 16.7. The predicted octanol–water partition coefficient (Wildman–Crippen LogP) is 2.81. The van der Waals surface area contributed by atoms with Crippen LogP contribution in [-0.4, -0.2) is 28.1 Å². The molecule has 6 heteroatoms. The van der Waals surface area contributed by atoms with Gasteiger partial charge in [-0.15, -0.1) is 11.3 Å². The van der Waals surface area contributed by atoms with Crippen LogP contribution >= 0.6 is 11.3 Å². The van der Waals surface area contributed by atoms with Crippen molar-refractivity contribution in [1.82, 2.24) is 15.1 Å². The van der Waals surface area contributed by atoms with Gasteiger partial charge in [0, 0.05) is 37.5 Å². The van der Waals surface area contributed by atoms with Crippen LogP contribution in [0.2, 0.25) is 0 Å². The summed E-state index contributed by atoms with van der Waals surface area (Å²) in [6.07, 6.45) is 2.05. The van der Waals surface area contributed by atoms with E-state index in [0.29, 0.717) is 13.2 Å². The number of aliphatic hydroxyl groups excluding tert-OH is 1. The summed E-state index contributed by atoms with van der Waals surface area (Å²) in [5.74, 6) is 0.809. The average molecular weight is 343 g/mol. The number of ether oxygens (including phenoxy) is 1. The first-order valence-electron chi connectivity index (χ1n) is 7.86. The van der Waals surface area contributed by atoms with Crippen molar-refractivity contribution in [2.75, 3.05) is 13.2 Å². The summed E-state index contributed by atoms with van der Waals surface area (Å²) in [4.78, 5) is 1.18. The van der Waals surface area contributed by atoms with E-state index in [1.165, 1.54) is 10.4 Å². The molecule has 0 bridgehead atoms. The van der Waals surface area contributed by atoms with E-state index in [4.69, 9.17) is 9.84 Å². The van der Waals surface area contributed by atoms with Gasteiger partial charge < -0.3 is 15.2 Å². The lowest BCUT2D eigenvalue weighted by Crippen LogP contribution is -2.14. The third kappa shape index (κ3) is 4.03. The van der Waals surface area contributed by atoms with Crippen LogP contribution in [0.25, 0.3) is 10.6 Å². The van der Waals surface area contributed by atoms with E-state index in [9.17, 15) is 0 Å². The van der Waals surface area contributed by atoms with Crippen LogP contribution in [0.15, 0.2) is 48.0 Å². The molecule has 0 aliphatic carbocycles. The van der Waals surface area contributed by atoms with E-state index < -0.39 is 0 Å². The van der Waals surface area contributed by atoms with Crippen LogP contribution in [0.1, 0.15) is 11.1 Å². The van der Waals surface area contributed by atoms with E-state index in [-0.39, 0.29) is 6.61 Å². The molecule has 2 aromatic heterocycles. The summed E-state index contributed by atoms with van der Waals surface area (Å²) in [7, 11) is 1.94. The fourth-order valence-corrected chi connectivity index (χ4v) is 3.31. The third-order valence-corrected chi connectivity index (χ3v) is 4.49. The van der Waals surface area contributed by atoms with Gasteiger partial charge in [-0.2, -0.15) is 5.10 Å². The third-order valence-electron chi connectivity index (χ3n) is 3.61. The van der Waals surface area contributed by atoms with Crippen LogP contribution in [0.4, 0.5) is 0 Å². The zero-order valence-corrected chi connectivity index (χ0v) is 14.4. The molecule has 126 valence electrons. The Morgan fingerprint density at radius 1 is 1.17 bits per heavy atom. The van der Waals surface area contributed by atoms with E-state index in [2.05, 4.69) is 28.1 Å². The first-order chi connectivity index (χ1) is 11.8. The Kier molecular flexibility index (Phi) is 5.63. The second kappa shape index (κ2) is 8.10. The number of aliphatic hydroxyl groups is 1. The van der Waals surface area contributed by atoms with Crippen LogP contribution < -0.4 is 10.1 Å². The van der Waals surface area contributed by atoms with Crippen molar-refractivity contribution in [2.45, 2.75) is 13.1 Å². The Labute approximate surface area is 145 Å². The number of para-hydroxylation sites is 1. The molecule has 0 saturated heterocycles. The van der Waals surface area contributed by atoms with E-state index in [1.54, 1.807) is 11.3 Å². The molecular weight excluding hydrogens is 322 g/mol. The molecule has 3 rings (SSSR count). The first-order valence-corrected chi connectivity index (χ1v) is 8.74. The number of nitrogens with zero attached hydrogens (tertiary/aromatic N) is 2. The number of aromatic nitrogens is 2. The summed E-state index contributed by atoms with van der Waals surface area (Å²) in [5.41, 5.74) is 3.28. The van der Waals surface area contributed by atoms with Crippen LogP contribution in [0.5, 0.6) is 5.75 Å². The van der Waals surface area contributed by atoms with Crippen molar-refractivity contribution in [1.29, 1.82) is 0 Å². The number of hydrogen-bond donors (Lipinski definition) is 2. The van der Waals surface area contributed by atoms with Crippen LogP contribution in [0, 0.1) is 0 Å². The number of thiophene rings is 1. The van der Waals surface area contributed by atoms with Gasteiger partial charge in [-0.05, 0) is 17.5 Å². The molecule has 2 N–H and O–H groups in total. The SMILES string of the molecule is Cn1cc(CNCc2ccccc2OCCO)c(-c2cccs2)n1. The lowest BCUT2D eigenvalue weighted by Gasteiger charge is -2.11. The Bertz CT molecular complexity index is 768. The summed E-state index contributed by atoms with van der Waals surface area (Å²) in [5, 5.41) is 19.0. The minimum Gasteiger partial charge on any atom is -0.491 e. The molecule has 0 unspecified atom stereocenters. The number of benzene rings is 1. The highest BCUT2D eigenvalue weighted by Crippen LogP contribution is 2.26. The average Bonchev–Trinajstić information content (AvgIpc) is 3.23. The Balaban J connectivity index is 1.65. The van der Waals surface area contributed by atoms with Crippen molar-refractivity contribution in [2.24, 2.45) is 7.05 Å². The molecule has 0 fully saturated rings. The maximum atomic E-state index is 8.92. The molecule has 0 atom stereocenters. The fourth-order valence-electron chi connectivity index (χ4n) is 2.57. The predicted molar refractivity (Wildman–Crippen MR) is 96.1 cm³/mol. The number of aryl methyl sites for hydroxylation is 1. The van der Waals surface area contributed by atoms with E-state index >= 15 is 0 Å².